The molecule has 5 N–H and O–H groups in total. The van der Waals surface area contributed by atoms with Gasteiger partial charge in [-0.2, -0.15) is 18.2 Å². The minimum absolute atomic E-state index is 0.145. The Hall–Kier alpha value is -1.94. The molecule has 0 aliphatic carbocycles. The topological polar surface area (TPSA) is 184 Å². The summed E-state index contributed by atoms with van der Waals surface area (Å²) in [6, 6.07) is 0. The second kappa shape index (κ2) is 6.78. The van der Waals surface area contributed by atoms with Crippen molar-refractivity contribution in [1.82, 2.24) is 24.5 Å². The zero-order chi connectivity index (χ0) is 22.1. The third-order valence-electron chi connectivity index (χ3n) is 4.93. The average molecular weight is 444 g/mol. The first-order valence-corrected chi connectivity index (χ1v) is 10.7. The molecule has 14 heteroatoms. The molecule has 4 atom stereocenters. The van der Waals surface area contributed by atoms with E-state index in [1.165, 1.54) is 11.0 Å². The minimum Gasteiger partial charge on any atom is -0.384 e. The van der Waals surface area contributed by atoms with Gasteiger partial charge in [-0.05, 0) is 27.7 Å². The van der Waals surface area contributed by atoms with E-state index in [0.717, 1.165) is 0 Å². The van der Waals surface area contributed by atoms with Crippen molar-refractivity contribution in [3.05, 3.63) is 12.0 Å². The highest BCUT2D eigenvalue weighted by atomic mass is 32.2. The molecule has 4 heterocycles. The number of hydrogen-bond acceptors (Lipinski definition) is 10. The summed E-state index contributed by atoms with van der Waals surface area (Å²) < 4.78 is 52.6. The molecule has 0 unspecified atom stereocenters. The first-order valence-electron chi connectivity index (χ1n) is 9.21. The van der Waals surface area contributed by atoms with Gasteiger partial charge >= 0.3 is 10.3 Å². The van der Waals surface area contributed by atoms with Gasteiger partial charge in [-0.25, -0.2) is 14.6 Å². The van der Waals surface area contributed by atoms with Gasteiger partial charge < -0.3 is 25.1 Å². The van der Waals surface area contributed by atoms with Crippen LogP contribution in [0.5, 0.6) is 0 Å². The standard InChI is InChI=1S/C16H24N6O7S/c1-15(2,23)11-8-12(17)18-6-19-13(8)22(21-11)14-10-9(28-16(3,4)29-10)7(27-14)5-20-30(24,25)26/h6-7,9-10,14,20,23H,5H2,1-4H3,(H2,17,18,19)(H,24,25,26)/t7-,9-,10-,14-/m1/s1. The monoisotopic (exact) mass is 444 g/mol. The van der Waals surface area contributed by atoms with Crippen molar-refractivity contribution in [1.29, 1.82) is 0 Å². The normalized spacial score (nSPS) is 28.9. The number of nitrogens with one attached hydrogen (secondary N) is 1. The first-order chi connectivity index (χ1) is 13.8. The van der Waals surface area contributed by atoms with E-state index in [1.807, 2.05) is 4.72 Å². The van der Waals surface area contributed by atoms with Crippen LogP contribution in [0, 0.1) is 0 Å². The third-order valence-corrected chi connectivity index (χ3v) is 5.46. The van der Waals surface area contributed by atoms with Crippen LogP contribution >= 0.6 is 0 Å². The van der Waals surface area contributed by atoms with Gasteiger partial charge in [-0.3, -0.25) is 4.55 Å². The molecule has 4 rings (SSSR count). The van der Waals surface area contributed by atoms with Crippen LogP contribution in [0.3, 0.4) is 0 Å². The van der Waals surface area contributed by atoms with E-state index in [4.69, 9.17) is 24.5 Å². The fourth-order valence-corrected chi connectivity index (χ4v) is 4.18. The van der Waals surface area contributed by atoms with Gasteiger partial charge in [0.1, 0.15) is 41.8 Å². The maximum absolute atomic E-state index is 11.1. The number of aromatic nitrogens is 4. The summed E-state index contributed by atoms with van der Waals surface area (Å²) in [5.74, 6) is -0.810. The van der Waals surface area contributed by atoms with E-state index < -0.39 is 46.2 Å². The van der Waals surface area contributed by atoms with Gasteiger partial charge in [0.15, 0.2) is 17.7 Å². The number of nitrogens with two attached hydrogens (primary N) is 1. The Bertz CT molecular complexity index is 1080. The number of hydrogen-bond donors (Lipinski definition) is 4. The lowest BCUT2D eigenvalue weighted by atomic mass is 10.0. The molecule has 30 heavy (non-hydrogen) atoms. The zero-order valence-corrected chi connectivity index (χ0v) is 17.6. The molecule has 2 aliphatic rings. The van der Waals surface area contributed by atoms with Crippen molar-refractivity contribution >= 4 is 27.2 Å². The molecule has 2 aromatic rings. The van der Waals surface area contributed by atoms with Crippen LogP contribution in [-0.2, 0) is 30.1 Å². The van der Waals surface area contributed by atoms with Gasteiger partial charge in [0.25, 0.3) is 0 Å². The molecule has 166 valence electrons. The molecule has 13 nitrogen and oxygen atoms in total. The highest BCUT2D eigenvalue weighted by Crippen LogP contribution is 2.44. The Morgan fingerprint density at radius 2 is 1.97 bits per heavy atom. The maximum Gasteiger partial charge on any atom is 0.333 e. The predicted octanol–water partition coefficient (Wildman–Crippen LogP) is -0.554. The highest BCUT2D eigenvalue weighted by Gasteiger charge is 2.56. The van der Waals surface area contributed by atoms with Crippen LogP contribution in [0.2, 0.25) is 0 Å². The highest BCUT2D eigenvalue weighted by molar-refractivity contribution is 7.83. The molecule has 2 fully saturated rings. The summed E-state index contributed by atoms with van der Waals surface area (Å²) in [5.41, 5.74) is 5.25. The van der Waals surface area contributed by atoms with Crippen molar-refractivity contribution in [2.75, 3.05) is 12.3 Å². The summed E-state index contributed by atoms with van der Waals surface area (Å²) in [4.78, 5) is 8.24. The van der Waals surface area contributed by atoms with Gasteiger partial charge in [0.05, 0.1) is 5.39 Å². The number of fused-ring (bicyclic) bond motifs is 2. The van der Waals surface area contributed by atoms with Crippen LogP contribution in [0.25, 0.3) is 11.0 Å². The van der Waals surface area contributed by atoms with Crippen LogP contribution in [-0.4, -0.2) is 68.5 Å². The Morgan fingerprint density at radius 1 is 1.30 bits per heavy atom. The summed E-state index contributed by atoms with van der Waals surface area (Å²) >= 11 is 0. The molecule has 0 saturated carbocycles. The molecule has 0 amide bonds. The van der Waals surface area contributed by atoms with Crippen LogP contribution in [0.4, 0.5) is 5.82 Å². The quantitative estimate of drug-likeness (QED) is 0.434. The van der Waals surface area contributed by atoms with E-state index in [1.54, 1.807) is 27.7 Å². The second-order valence-electron chi connectivity index (χ2n) is 8.26. The number of anilines is 1. The Labute approximate surface area is 172 Å². The molecular weight excluding hydrogens is 420 g/mol. The Kier molecular flexibility index (Phi) is 4.81. The lowest BCUT2D eigenvalue weighted by Gasteiger charge is -2.24. The van der Waals surface area contributed by atoms with Gasteiger partial charge in [-0.1, -0.05) is 0 Å². The van der Waals surface area contributed by atoms with Crippen molar-refractivity contribution in [2.24, 2.45) is 0 Å². The van der Waals surface area contributed by atoms with Crippen LogP contribution in [0.15, 0.2) is 6.33 Å². The number of nitrogen functional groups attached to an aromatic ring is 1. The van der Waals surface area contributed by atoms with E-state index in [2.05, 4.69) is 15.1 Å². The largest absolute Gasteiger partial charge is 0.384 e. The SMILES string of the molecule is CC1(C)O[C@@H]2[C@H](O1)[C@@H](CNS(=O)(=O)O)O[C@H]2n1nc(C(C)(C)O)c2c(N)ncnc21. The minimum atomic E-state index is -4.43. The summed E-state index contributed by atoms with van der Waals surface area (Å²) in [6.07, 6.45) is -1.69. The fraction of sp³-hybridized carbons (Fsp3) is 0.688. The fourth-order valence-electron chi connectivity index (χ4n) is 3.81. The number of rotatable bonds is 5. The molecule has 2 aliphatic heterocycles. The van der Waals surface area contributed by atoms with Crippen molar-refractivity contribution in [2.45, 2.75) is 63.6 Å². The molecule has 0 radical (unpaired) electrons. The van der Waals surface area contributed by atoms with Crippen LogP contribution < -0.4 is 10.5 Å². The summed E-state index contributed by atoms with van der Waals surface area (Å²) in [5, 5.41) is 15.4. The van der Waals surface area contributed by atoms with Gasteiger partial charge in [0, 0.05) is 6.54 Å². The van der Waals surface area contributed by atoms with Crippen molar-refractivity contribution in [3.63, 3.8) is 0 Å². The summed E-state index contributed by atoms with van der Waals surface area (Å²) in [6.45, 7) is 6.31. The molecular formula is C16H24N6O7S. The lowest BCUT2D eigenvalue weighted by molar-refractivity contribution is -0.196. The van der Waals surface area contributed by atoms with E-state index in [9.17, 15) is 13.5 Å². The molecule has 0 bridgehead atoms. The Morgan fingerprint density at radius 3 is 2.60 bits per heavy atom. The molecule has 0 spiro atoms. The zero-order valence-electron chi connectivity index (χ0n) is 16.8. The van der Waals surface area contributed by atoms with Gasteiger partial charge in [0.2, 0.25) is 0 Å². The second-order valence-corrected chi connectivity index (χ2v) is 9.50. The number of ether oxygens (including phenoxy) is 3. The molecule has 2 saturated heterocycles. The number of aliphatic hydroxyl groups is 1. The van der Waals surface area contributed by atoms with E-state index in [0.29, 0.717) is 11.0 Å². The van der Waals surface area contributed by atoms with E-state index >= 15 is 0 Å². The summed E-state index contributed by atoms with van der Waals surface area (Å²) in [7, 11) is -4.43. The lowest BCUT2D eigenvalue weighted by Crippen LogP contribution is -2.39. The van der Waals surface area contributed by atoms with Gasteiger partial charge in [-0.15, -0.1) is 0 Å². The maximum atomic E-state index is 11.1. The van der Waals surface area contributed by atoms with Crippen LogP contribution in [0.1, 0.15) is 39.6 Å². The average Bonchev–Trinajstić information content (AvgIpc) is 3.21. The molecule has 0 aromatic carbocycles. The Balaban J connectivity index is 1.78. The first kappa shape index (κ1) is 21.3. The predicted molar refractivity (Wildman–Crippen MR) is 102 cm³/mol. The number of nitrogens with zero attached hydrogens (tertiary/aromatic N) is 4. The van der Waals surface area contributed by atoms with Crippen molar-refractivity contribution < 1.29 is 32.3 Å². The molecule has 2 aromatic heterocycles. The third kappa shape index (κ3) is 3.75. The smallest absolute Gasteiger partial charge is 0.333 e. The van der Waals surface area contributed by atoms with Crippen molar-refractivity contribution in [3.8, 4) is 0 Å². The van der Waals surface area contributed by atoms with E-state index in [-0.39, 0.29) is 18.1 Å².